The molecule has 11 heavy (non-hydrogen) atoms. The Morgan fingerprint density at radius 1 is 1.64 bits per heavy atom. The molecule has 0 unspecified atom stereocenters. The molecule has 3 heteroatoms. The Hall–Kier alpha value is -0.310. The Labute approximate surface area is 75.7 Å². The Kier molecular flexibility index (Phi) is 3.12. The average Bonchev–Trinajstić information content (AvgIpc) is 2.31. The zero-order chi connectivity index (χ0) is 8.27. The first-order valence-corrected chi connectivity index (χ1v) is 4.65. The quantitative estimate of drug-likeness (QED) is 0.761. The smallest absolute Gasteiger partial charge is 0.0632 e. The first-order chi connectivity index (χ1) is 5.18. The van der Waals surface area contributed by atoms with E-state index in [1.54, 1.807) is 0 Å². The molecule has 1 aromatic heterocycles. The van der Waals surface area contributed by atoms with Gasteiger partial charge in [0.15, 0.2) is 0 Å². The van der Waals surface area contributed by atoms with Crippen LogP contribution in [0, 0.1) is 5.92 Å². The van der Waals surface area contributed by atoms with Gasteiger partial charge in [-0.15, -0.1) is 0 Å². The summed E-state index contributed by atoms with van der Waals surface area (Å²) in [5.41, 5.74) is 0. The van der Waals surface area contributed by atoms with Gasteiger partial charge in [0.1, 0.15) is 0 Å². The van der Waals surface area contributed by atoms with E-state index in [0.717, 1.165) is 16.9 Å². The largest absolute Gasteiger partial charge is 0.272 e. The van der Waals surface area contributed by atoms with E-state index in [9.17, 15) is 0 Å². The van der Waals surface area contributed by atoms with Crippen LogP contribution in [0.25, 0.3) is 0 Å². The van der Waals surface area contributed by atoms with E-state index in [-0.39, 0.29) is 0 Å². The van der Waals surface area contributed by atoms with Crippen LogP contribution in [0.2, 0.25) is 0 Å². The van der Waals surface area contributed by atoms with Gasteiger partial charge in [0, 0.05) is 12.7 Å². The Morgan fingerprint density at radius 3 is 2.82 bits per heavy atom. The first kappa shape index (κ1) is 8.78. The average molecular weight is 217 g/mol. The standard InChI is InChI=1S/C8H13BrN2/c1-7(2)3-4-11-6-8(9)5-10-11/h5-7H,3-4H2,1-2H3. The molecule has 1 aromatic rings. The van der Waals surface area contributed by atoms with Crippen molar-refractivity contribution in [1.82, 2.24) is 9.78 Å². The van der Waals surface area contributed by atoms with Gasteiger partial charge >= 0.3 is 0 Å². The number of hydrogen-bond donors (Lipinski definition) is 0. The second-order valence-electron chi connectivity index (χ2n) is 3.10. The highest BCUT2D eigenvalue weighted by Crippen LogP contribution is 2.08. The van der Waals surface area contributed by atoms with Gasteiger partial charge in [-0.05, 0) is 28.3 Å². The molecule has 1 rings (SSSR count). The summed E-state index contributed by atoms with van der Waals surface area (Å²) in [4.78, 5) is 0. The van der Waals surface area contributed by atoms with Crippen molar-refractivity contribution in [3.05, 3.63) is 16.9 Å². The predicted molar refractivity (Wildman–Crippen MR) is 49.4 cm³/mol. The van der Waals surface area contributed by atoms with Gasteiger partial charge in [-0.1, -0.05) is 13.8 Å². The van der Waals surface area contributed by atoms with E-state index >= 15 is 0 Å². The summed E-state index contributed by atoms with van der Waals surface area (Å²) >= 11 is 3.36. The molecule has 0 aliphatic heterocycles. The number of rotatable bonds is 3. The Bertz CT molecular complexity index is 218. The third-order valence-electron chi connectivity index (χ3n) is 1.54. The molecule has 0 saturated heterocycles. The summed E-state index contributed by atoms with van der Waals surface area (Å²) in [6.45, 7) is 5.46. The van der Waals surface area contributed by atoms with Gasteiger partial charge in [-0.25, -0.2) is 0 Å². The maximum atomic E-state index is 4.16. The molecule has 0 radical (unpaired) electrons. The summed E-state index contributed by atoms with van der Waals surface area (Å²) in [7, 11) is 0. The van der Waals surface area contributed by atoms with Crippen LogP contribution >= 0.6 is 15.9 Å². The minimum atomic E-state index is 0.748. The number of hydrogen-bond acceptors (Lipinski definition) is 1. The molecule has 1 heterocycles. The van der Waals surface area contributed by atoms with E-state index in [0.29, 0.717) is 0 Å². The molecule has 0 aliphatic carbocycles. The summed E-state index contributed by atoms with van der Waals surface area (Å²) in [5.74, 6) is 0.748. The molecule has 0 amide bonds. The minimum absolute atomic E-state index is 0.748. The molecular formula is C8H13BrN2. The highest BCUT2D eigenvalue weighted by molar-refractivity contribution is 9.10. The van der Waals surface area contributed by atoms with Crippen LogP contribution < -0.4 is 0 Å². The van der Waals surface area contributed by atoms with Gasteiger partial charge in [0.2, 0.25) is 0 Å². The van der Waals surface area contributed by atoms with Gasteiger partial charge in [0.25, 0.3) is 0 Å². The predicted octanol–water partition coefficient (Wildman–Crippen LogP) is 2.69. The van der Waals surface area contributed by atoms with Gasteiger partial charge in [-0.2, -0.15) is 5.10 Å². The number of nitrogens with zero attached hydrogens (tertiary/aromatic N) is 2. The topological polar surface area (TPSA) is 17.8 Å². The van der Waals surface area contributed by atoms with Crippen molar-refractivity contribution < 1.29 is 0 Å². The zero-order valence-electron chi connectivity index (χ0n) is 6.92. The fourth-order valence-electron chi connectivity index (χ4n) is 0.851. The number of aryl methyl sites for hydroxylation is 1. The van der Waals surface area contributed by atoms with Gasteiger partial charge < -0.3 is 0 Å². The molecule has 0 bridgehead atoms. The lowest BCUT2D eigenvalue weighted by Gasteiger charge is -2.03. The van der Waals surface area contributed by atoms with Crippen LogP contribution in [0.15, 0.2) is 16.9 Å². The molecule has 0 saturated carbocycles. The molecule has 0 N–H and O–H groups in total. The fourth-order valence-corrected chi connectivity index (χ4v) is 1.18. The highest BCUT2D eigenvalue weighted by Gasteiger charge is 1.96. The van der Waals surface area contributed by atoms with Crippen molar-refractivity contribution in [2.24, 2.45) is 5.92 Å². The van der Waals surface area contributed by atoms with Crippen LogP contribution in [0.1, 0.15) is 20.3 Å². The first-order valence-electron chi connectivity index (χ1n) is 3.86. The normalized spacial score (nSPS) is 10.9. The van der Waals surface area contributed by atoms with E-state index < -0.39 is 0 Å². The lowest BCUT2D eigenvalue weighted by molar-refractivity contribution is 0.487. The SMILES string of the molecule is CC(C)CCn1cc(Br)cn1. The van der Waals surface area contributed by atoms with Crippen molar-refractivity contribution in [2.75, 3.05) is 0 Å². The minimum Gasteiger partial charge on any atom is -0.272 e. The molecule has 0 spiro atoms. The van der Waals surface area contributed by atoms with Crippen molar-refractivity contribution in [1.29, 1.82) is 0 Å². The third kappa shape index (κ3) is 3.06. The highest BCUT2D eigenvalue weighted by atomic mass is 79.9. The van der Waals surface area contributed by atoms with Crippen LogP contribution in [0.5, 0.6) is 0 Å². The van der Waals surface area contributed by atoms with Crippen LogP contribution in [0.4, 0.5) is 0 Å². The molecule has 0 atom stereocenters. The molecule has 62 valence electrons. The monoisotopic (exact) mass is 216 g/mol. The van der Waals surface area contributed by atoms with Crippen molar-refractivity contribution in [2.45, 2.75) is 26.8 Å². The second-order valence-corrected chi connectivity index (χ2v) is 4.02. The van der Waals surface area contributed by atoms with Crippen LogP contribution in [-0.2, 0) is 6.54 Å². The Balaban J connectivity index is 2.39. The van der Waals surface area contributed by atoms with Crippen LogP contribution in [-0.4, -0.2) is 9.78 Å². The van der Waals surface area contributed by atoms with Gasteiger partial charge in [0.05, 0.1) is 10.7 Å². The maximum Gasteiger partial charge on any atom is 0.0632 e. The van der Waals surface area contributed by atoms with E-state index in [1.807, 2.05) is 17.1 Å². The zero-order valence-corrected chi connectivity index (χ0v) is 8.50. The van der Waals surface area contributed by atoms with Gasteiger partial charge in [-0.3, -0.25) is 4.68 Å². The number of aromatic nitrogens is 2. The number of halogens is 1. The molecule has 2 nitrogen and oxygen atoms in total. The van der Waals surface area contributed by atoms with E-state index in [4.69, 9.17) is 0 Å². The fraction of sp³-hybridized carbons (Fsp3) is 0.625. The van der Waals surface area contributed by atoms with E-state index in [2.05, 4.69) is 34.9 Å². The summed E-state index contributed by atoms with van der Waals surface area (Å²) in [5, 5.41) is 4.16. The molecule has 0 aromatic carbocycles. The molecule has 0 fully saturated rings. The second kappa shape index (κ2) is 3.90. The van der Waals surface area contributed by atoms with E-state index in [1.165, 1.54) is 6.42 Å². The molecule has 0 aliphatic rings. The summed E-state index contributed by atoms with van der Waals surface area (Å²) in [6.07, 6.45) is 5.01. The van der Waals surface area contributed by atoms with Crippen LogP contribution in [0.3, 0.4) is 0 Å². The maximum absolute atomic E-state index is 4.16. The lowest BCUT2D eigenvalue weighted by atomic mass is 10.1. The Morgan fingerprint density at radius 2 is 2.36 bits per heavy atom. The summed E-state index contributed by atoms with van der Waals surface area (Å²) in [6, 6.07) is 0. The summed E-state index contributed by atoms with van der Waals surface area (Å²) < 4.78 is 3.02. The van der Waals surface area contributed by atoms with Crippen molar-refractivity contribution in [3.8, 4) is 0 Å². The van der Waals surface area contributed by atoms with Crippen molar-refractivity contribution >= 4 is 15.9 Å². The third-order valence-corrected chi connectivity index (χ3v) is 1.95. The van der Waals surface area contributed by atoms with Crippen molar-refractivity contribution in [3.63, 3.8) is 0 Å². The lowest BCUT2D eigenvalue weighted by Crippen LogP contribution is -2.01. The molecular weight excluding hydrogens is 204 g/mol.